The van der Waals surface area contributed by atoms with Gasteiger partial charge in [0, 0.05) is 30.2 Å². The van der Waals surface area contributed by atoms with Gasteiger partial charge in [-0.05, 0) is 55.3 Å². The topological polar surface area (TPSA) is 53.6 Å². The molecule has 1 amide bonds. The van der Waals surface area contributed by atoms with Crippen LogP contribution in [-0.2, 0) is 9.53 Å². The molecule has 0 unspecified atom stereocenters. The number of hydrogen-bond acceptors (Lipinski definition) is 4. The first kappa shape index (κ1) is 17.3. The molecule has 3 rings (SSSR count). The Bertz CT molecular complexity index is 722. The van der Waals surface area contributed by atoms with Gasteiger partial charge in [-0.3, -0.25) is 4.79 Å². The maximum absolute atomic E-state index is 12.2. The van der Waals surface area contributed by atoms with E-state index in [0.717, 1.165) is 48.9 Å². The van der Waals surface area contributed by atoms with Crippen molar-refractivity contribution in [3.8, 4) is 0 Å². The van der Waals surface area contributed by atoms with Crippen molar-refractivity contribution in [2.24, 2.45) is 0 Å². The first-order valence-corrected chi connectivity index (χ1v) is 8.65. The second-order valence-corrected chi connectivity index (χ2v) is 6.37. The van der Waals surface area contributed by atoms with Crippen molar-refractivity contribution in [3.63, 3.8) is 0 Å². The van der Waals surface area contributed by atoms with Crippen LogP contribution in [0.25, 0.3) is 0 Å². The van der Waals surface area contributed by atoms with E-state index in [1.165, 1.54) is 5.56 Å². The molecule has 2 aromatic carbocycles. The standard InChI is InChI=1S/C20H25N3O2/c1-15-3-4-16(2)19(13-15)21-14-20(24)22-17-5-7-18(8-6-17)23-9-11-25-12-10-23/h3-8,13,21H,9-12,14H2,1-2H3,(H,22,24). The Morgan fingerprint density at radius 1 is 1.08 bits per heavy atom. The van der Waals surface area contributed by atoms with Crippen LogP contribution in [0.4, 0.5) is 17.1 Å². The molecule has 1 saturated heterocycles. The van der Waals surface area contributed by atoms with E-state index in [9.17, 15) is 4.79 Å². The van der Waals surface area contributed by atoms with Gasteiger partial charge in [0.2, 0.25) is 5.91 Å². The van der Waals surface area contributed by atoms with E-state index in [1.54, 1.807) is 0 Å². The van der Waals surface area contributed by atoms with Gasteiger partial charge < -0.3 is 20.3 Å². The molecular weight excluding hydrogens is 314 g/mol. The third-order valence-electron chi connectivity index (χ3n) is 4.36. The summed E-state index contributed by atoms with van der Waals surface area (Å²) in [7, 11) is 0. The van der Waals surface area contributed by atoms with Gasteiger partial charge in [-0.25, -0.2) is 0 Å². The number of ether oxygens (including phenoxy) is 1. The highest BCUT2D eigenvalue weighted by Gasteiger charge is 2.11. The lowest BCUT2D eigenvalue weighted by atomic mass is 10.1. The molecule has 132 valence electrons. The molecule has 1 heterocycles. The molecular formula is C20H25N3O2. The van der Waals surface area contributed by atoms with Crippen molar-refractivity contribution in [2.75, 3.05) is 48.4 Å². The summed E-state index contributed by atoms with van der Waals surface area (Å²) in [4.78, 5) is 14.5. The Morgan fingerprint density at radius 2 is 1.80 bits per heavy atom. The number of hydrogen-bond donors (Lipinski definition) is 2. The lowest BCUT2D eigenvalue weighted by Crippen LogP contribution is -2.36. The van der Waals surface area contributed by atoms with Crippen LogP contribution in [0.15, 0.2) is 42.5 Å². The molecule has 0 atom stereocenters. The number of nitrogens with one attached hydrogen (secondary N) is 2. The zero-order valence-electron chi connectivity index (χ0n) is 14.8. The number of carbonyl (C=O) groups is 1. The average molecular weight is 339 g/mol. The van der Waals surface area contributed by atoms with E-state index >= 15 is 0 Å². The molecule has 1 aliphatic heterocycles. The van der Waals surface area contributed by atoms with Crippen LogP contribution in [0.1, 0.15) is 11.1 Å². The summed E-state index contributed by atoms with van der Waals surface area (Å²) < 4.78 is 5.37. The lowest BCUT2D eigenvalue weighted by Gasteiger charge is -2.28. The number of anilines is 3. The van der Waals surface area contributed by atoms with Gasteiger partial charge >= 0.3 is 0 Å². The van der Waals surface area contributed by atoms with Crippen LogP contribution in [0, 0.1) is 13.8 Å². The number of amides is 1. The Labute approximate surface area is 149 Å². The highest BCUT2D eigenvalue weighted by Crippen LogP contribution is 2.19. The largest absolute Gasteiger partial charge is 0.378 e. The Balaban J connectivity index is 1.53. The van der Waals surface area contributed by atoms with Crippen LogP contribution < -0.4 is 15.5 Å². The molecule has 0 radical (unpaired) electrons. The Morgan fingerprint density at radius 3 is 2.52 bits per heavy atom. The second-order valence-electron chi connectivity index (χ2n) is 6.37. The minimum absolute atomic E-state index is 0.0555. The molecule has 0 bridgehead atoms. The molecule has 2 aromatic rings. The maximum atomic E-state index is 12.2. The van der Waals surface area contributed by atoms with Gasteiger partial charge in [-0.1, -0.05) is 12.1 Å². The highest BCUT2D eigenvalue weighted by atomic mass is 16.5. The summed E-state index contributed by atoms with van der Waals surface area (Å²) in [6.45, 7) is 7.67. The van der Waals surface area contributed by atoms with Crippen LogP contribution in [-0.4, -0.2) is 38.8 Å². The van der Waals surface area contributed by atoms with Crippen LogP contribution >= 0.6 is 0 Å². The van der Waals surface area contributed by atoms with Crippen LogP contribution in [0.3, 0.4) is 0 Å². The van der Waals surface area contributed by atoms with Gasteiger partial charge in [0.1, 0.15) is 0 Å². The number of aryl methyl sites for hydroxylation is 2. The third kappa shape index (κ3) is 4.73. The summed E-state index contributed by atoms with van der Waals surface area (Å²) in [5.41, 5.74) is 5.28. The monoisotopic (exact) mass is 339 g/mol. The SMILES string of the molecule is Cc1ccc(C)c(NCC(=O)Nc2ccc(N3CCOCC3)cc2)c1. The van der Waals surface area contributed by atoms with Gasteiger partial charge in [0.15, 0.2) is 0 Å². The van der Waals surface area contributed by atoms with E-state index in [2.05, 4.69) is 33.7 Å². The van der Waals surface area contributed by atoms with E-state index in [1.807, 2.05) is 38.1 Å². The molecule has 0 aliphatic carbocycles. The fraction of sp³-hybridized carbons (Fsp3) is 0.350. The molecule has 1 fully saturated rings. The molecule has 5 heteroatoms. The zero-order valence-corrected chi connectivity index (χ0v) is 14.8. The number of benzene rings is 2. The quantitative estimate of drug-likeness (QED) is 0.878. The van der Waals surface area contributed by atoms with E-state index in [0.29, 0.717) is 0 Å². The Kier molecular flexibility index (Phi) is 5.56. The first-order valence-electron chi connectivity index (χ1n) is 8.65. The number of nitrogens with zero attached hydrogens (tertiary/aromatic N) is 1. The summed E-state index contributed by atoms with van der Waals surface area (Å²) in [6, 6.07) is 14.1. The number of carbonyl (C=O) groups excluding carboxylic acids is 1. The first-order chi connectivity index (χ1) is 12.1. The summed E-state index contributed by atoms with van der Waals surface area (Å²) >= 11 is 0. The van der Waals surface area contributed by atoms with Gasteiger partial charge in [0.05, 0.1) is 19.8 Å². The minimum atomic E-state index is -0.0555. The third-order valence-corrected chi connectivity index (χ3v) is 4.36. The van der Waals surface area contributed by atoms with Crippen molar-refractivity contribution in [3.05, 3.63) is 53.6 Å². The van der Waals surface area contributed by atoms with Crippen molar-refractivity contribution < 1.29 is 9.53 Å². The second kappa shape index (κ2) is 8.03. The fourth-order valence-electron chi connectivity index (χ4n) is 2.88. The van der Waals surface area contributed by atoms with E-state index < -0.39 is 0 Å². The molecule has 0 spiro atoms. The number of morpholine rings is 1. The maximum Gasteiger partial charge on any atom is 0.243 e. The summed E-state index contributed by atoms with van der Waals surface area (Å²) in [5, 5.41) is 6.13. The minimum Gasteiger partial charge on any atom is -0.378 e. The van der Waals surface area contributed by atoms with Crippen molar-refractivity contribution in [2.45, 2.75) is 13.8 Å². The lowest BCUT2D eigenvalue weighted by molar-refractivity contribution is -0.114. The van der Waals surface area contributed by atoms with Crippen LogP contribution in [0.2, 0.25) is 0 Å². The van der Waals surface area contributed by atoms with Gasteiger partial charge in [0.25, 0.3) is 0 Å². The average Bonchev–Trinajstić information content (AvgIpc) is 2.64. The summed E-state index contributed by atoms with van der Waals surface area (Å²) in [6.07, 6.45) is 0. The molecule has 5 nitrogen and oxygen atoms in total. The van der Waals surface area contributed by atoms with E-state index in [4.69, 9.17) is 4.74 Å². The Hall–Kier alpha value is -2.53. The highest BCUT2D eigenvalue weighted by molar-refractivity contribution is 5.94. The molecule has 0 saturated carbocycles. The summed E-state index contributed by atoms with van der Waals surface area (Å²) in [5.74, 6) is -0.0555. The predicted molar refractivity (Wildman–Crippen MR) is 103 cm³/mol. The number of rotatable bonds is 5. The smallest absolute Gasteiger partial charge is 0.243 e. The predicted octanol–water partition coefficient (Wildman–Crippen LogP) is 3.19. The molecule has 2 N–H and O–H groups in total. The van der Waals surface area contributed by atoms with Gasteiger partial charge in [-0.15, -0.1) is 0 Å². The fourth-order valence-corrected chi connectivity index (χ4v) is 2.88. The van der Waals surface area contributed by atoms with Crippen molar-refractivity contribution in [1.82, 2.24) is 0 Å². The van der Waals surface area contributed by atoms with Crippen molar-refractivity contribution >= 4 is 23.0 Å². The van der Waals surface area contributed by atoms with E-state index in [-0.39, 0.29) is 12.5 Å². The van der Waals surface area contributed by atoms with Gasteiger partial charge in [-0.2, -0.15) is 0 Å². The van der Waals surface area contributed by atoms with Crippen molar-refractivity contribution in [1.29, 1.82) is 0 Å². The zero-order chi connectivity index (χ0) is 17.6. The normalized spacial score (nSPS) is 14.2. The molecule has 1 aliphatic rings. The molecule has 0 aromatic heterocycles. The molecule has 25 heavy (non-hydrogen) atoms. The van der Waals surface area contributed by atoms with Crippen LogP contribution in [0.5, 0.6) is 0 Å².